The minimum absolute atomic E-state index is 0.123. The van der Waals surface area contributed by atoms with Gasteiger partial charge in [-0.2, -0.15) is 0 Å². The predicted molar refractivity (Wildman–Crippen MR) is 52.5 cm³/mol. The number of hydrogen-bond acceptors (Lipinski definition) is 1. The molecule has 3 heteroatoms. The van der Waals surface area contributed by atoms with E-state index in [-0.39, 0.29) is 5.41 Å². The van der Waals surface area contributed by atoms with Crippen LogP contribution in [0.15, 0.2) is 18.3 Å². The second-order valence-electron chi connectivity index (χ2n) is 3.53. The molecule has 1 aromatic heterocycles. The number of aromatic nitrogens is 1. The van der Waals surface area contributed by atoms with Gasteiger partial charge in [0.1, 0.15) is 0 Å². The highest BCUT2D eigenvalue weighted by atomic mass is 35.5. The molecule has 1 heterocycles. The molecule has 0 saturated heterocycles. The van der Waals surface area contributed by atoms with Crippen molar-refractivity contribution in [1.29, 1.82) is 0 Å². The first kappa shape index (κ1) is 9.62. The van der Waals surface area contributed by atoms with Gasteiger partial charge >= 0.3 is 0 Å². The van der Waals surface area contributed by atoms with Crippen LogP contribution >= 0.6 is 11.6 Å². The van der Waals surface area contributed by atoms with Gasteiger partial charge in [0.15, 0.2) is 0 Å². The maximum absolute atomic E-state index is 5.55. The van der Waals surface area contributed by atoms with E-state index in [0.29, 0.717) is 6.00 Å². The van der Waals surface area contributed by atoms with Crippen LogP contribution in [0.2, 0.25) is 0 Å². The Kier molecular flexibility index (Phi) is 3.18. The van der Waals surface area contributed by atoms with E-state index in [4.69, 9.17) is 11.6 Å². The van der Waals surface area contributed by atoms with E-state index in [0.717, 1.165) is 6.54 Å². The summed E-state index contributed by atoms with van der Waals surface area (Å²) in [6.45, 7) is 5.24. The molecule has 2 N–H and O–H groups in total. The van der Waals surface area contributed by atoms with Crippen LogP contribution in [-0.4, -0.2) is 17.5 Å². The van der Waals surface area contributed by atoms with Gasteiger partial charge in [0, 0.05) is 23.9 Å². The standard InChI is InChI=1S/C9H15ClN2/c1-9(2,6-11-7-10)8-4-3-5-12-8/h3-5,11-12H,6-7H2,1-2H3. The van der Waals surface area contributed by atoms with Crippen molar-refractivity contribution < 1.29 is 0 Å². The number of aromatic amines is 1. The van der Waals surface area contributed by atoms with Gasteiger partial charge in [0.2, 0.25) is 0 Å². The van der Waals surface area contributed by atoms with Gasteiger partial charge in [-0.25, -0.2) is 0 Å². The van der Waals surface area contributed by atoms with Crippen molar-refractivity contribution in [1.82, 2.24) is 10.3 Å². The molecule has 0 atom stereocenters. The van der Waals surface area contributed by atoms with Gasteiger partial charge in [0.25, 0.3) is 0 Å². The molecular weight excluding hydrogens is 172 g/mol. The van der Waals surface area contributed by atoms with Crippen LogP contribution in [0.1, 0.15) is 19.5 Å². The Morgan fingerprint density at radius 1 is 1.58 bits per heavy atom. The van der Waals surface area contributed by atoms with Crippen molar-refractivity contribution in [2.24, 2.45) is 0 Å². The van der Waals surface area contributed by atoms with Crippen molar-refractivity contribution in [3.8, 4) is 0 Å². The van der Waals surface area contributed by atoms with E-state index in [1.807, 2.05) is 12.3 Å². The topological polar surface area (TPSA) is 27.8 Å². The van der Waals surface area contributed by atoms with Gasteiger partial charge in [-0.3, -0.25) is 0 Å². The SMILES string of the molecule is CC(C)(CNCCl)c1ccc[nH]1. The van der Waals surface area contributed by atoms with Crippen LogP contribution < -0.4 is 5.32 Å². The third kappa shape index (κ3) is 2.26. The molecule has 0 saturated carbocycles. The largest absolute Gasteiger partial charge is 0.365 e. The second-order valence-corrected chi connectivity index (χ2v) is 3.80. The fourth-order valence-electron chi connectivity index (χ4n) is 1.21. The monoisotopic (exact) mass is 186 g/mol. The van der Waals surface area contributed by atoms with Crippen molar-refractivity contribution in [2.45, 2.75) is 19.3 Å². The Bertz CT molecular complexity index is 216. The Morgan fingerprint density at radius 2 is 2.33 bits per heavy atom. The van der Waals surface area contributed by atoms with Gasteiger partial charge in [0.05, 0.1) is 6.00 Å². The number of rotatable bonds is 4. The lowest BCUT2D eigenvalue weighted by atomic mass is 9.89. The van der Waals surface area contributed by atoms with Gasteiger partial charge in [-0.15, -0.1) is 11.6 Å². The molecule has 0 aliphatic heterocycles. The van der Waals surface area contributed by atoms with Crippen LogP contribution in [0, 0.1) is 0 Å². The number of halogens is 1. The summed E-state index contributed by atoms with van der Waals surface area (Å²) in [6, 6.07) is 4.61. The number of nitrogens with one attached hydrogen (secondary N) is 2. The summed E-state index contributed by atoms with van der Waals surface area (Å²) in [5.41, 5.74) is 1.36. The van der Waals surface area contributed by atoms with E-state index in [2.05, 4.69) is 30.2 Å². The Hall–Kier alpha value is -0.470. The third-order valence-corrected chi connectivity index (χ3v) is 2.18. The second kappa shape index (κ2) is 3.97. The highest BCUT2D eigenvalue weighted by Gasteiger charge is 2.20. The molecular formula is C9H15ClN2. The smallest absolute Gasteiger partial charge is 0.0713 e. The zero-order valence-corrected chi connectivity index (χ0v) is 8.28. The summed E-state index contributed by atoms with van der Waals surface area (Å²) in [4.78, 5) is 3.20. The van der Waals surface area contributed by atoms with Crippen LogP contribution in [0.4, 0.5) is 0 Å². The first-order valence-electron chi connectivity index (χ1n) is 4.07. The molecule has 0 spiro atoms. The molecule has 0 aliphatic rings. The van der Waals surface area contributed by atoms with Crippen LogP contribution in [0.3, 0.4) is 0 Å². The molecule has 0 fully saturated rings. The maximum Gasteiger partial charge on any atom is 0.0713 e. The molecule has 0 unspecified atom stereocenters. The summed E-state index contributed by atoms with van der Waals surface area (Å²) in [7, 11) is 0. The summed E-state index contributed by atoms with van der Waals surface area (Å²) in [6.07, 6.45) is 1.94. The highest BCUT2D eigenvalue weighted by Crippen LogP contribution is 2.19. The summed E-state index contributed by atoms with van der Waals surface area (Å²) < 4.78 is 0. The maximum atomic E-state index is 5.55. The zero-order valence-electron chi connectivity index (χ0n) is 7.52. The fraction of sp³-hybridized carbons (Fsp3) is 0.556. The molecule has 0 aliphatic carbocycles. The molecule has 0 radical (unpaired) electrons. The Labute approximate surface area is 78.3 Å². The van der Waals surface area contributed by atoms with E-state index < -0.39 is 0 Å². The van der Waals surface area contributed by atoms with Crippen molar-refractivity contribution >= 4 is 11.6 Å². The number of hydrogen-bond donors (Lipinski definition) is 2. The van der Waals surface area contributed by atoms with Gasteiger partial charge in [-0.05, 0) is 12.1 Å². The highest BCUT2D eigenvalue weighted by molar-refractivity contribution is 6.17. The molecule has 12 heavy (non-hydrogen) atoms. The van der Waals surface area contributed by atoms with Crippen LogP contribution in [0.5, 0.6) is 0 Å². The molecule has 0 amide bonds. The van der Waals surface area contributed by atoms with Gasteiger partial charge in [-0.1, -0.05) is 13.8 Å². The number of H-pyrrole nitrogens is 1. The molecule has 1 rings (SSSR count). The average molecular weight is 187 g/mol. The van der Waals surface area contributed by atoms with Crippen LogP contribution in [-0.2, 0) is 5.41 Å². The third-order valence-electron chi connectivity index (χ3n) is 1.99. The molecule has 0 bridgehead atoms. The van der Waals surface area contributed by atoms with Crippen LogP contribution in [0.25, 0.3) is 0 Å². The first-order chi connectivity index (χ1) is 5.67. The predicted octanol–water partition coefficient (Wildman–Crippen LogP) is 2.08. The van der Waals surface area contributed by atoms with Crippen molar-refractivity contribution in [2.75, 3.05) is 12.5 Å². The van der Waals surface area contributed by atoms with E-state index >= 15 is 0 Å². The quantitative estimate of drug-likeness (QED) is 0.547. The minimum Gasteiger partial charge on any atom is -0.365 e. The lowest BCUT2D eigenvalue weighted by Crippen LogP contribution is -2.32. The molecule has 68 valence electrons. The summed E-state index contributed by atoms with van der Waals surface area (Å²) in [5.74, 6) is 0. The fourth-order valence-corrected chi connectivity index (χ4v) is 1.30. The lowest BCUT2D eigenvalue weighted by molar-refractivity contribution is 0.478. The normalized spacial score (nSPS) is 11.9. The first-order valence-corrected chi connectivity index (χ1v) is 4.61. The molecule has 1 aromatic rings. The average Bonchev–Trinajstić information content (AvgIpc) is 2.53. The lowest BCUT2D eigenvalue weighted by Gasteiger charge is -2.23. The summed E-state index contributed by atoms with van der Waals surface area (Å²) >= 11 is 5.55. The molecule has 2 nitrogen and oxygen atoms in total. The zero-order chi connectivity index (χ0) is 9.03. The van der Waals surface area contributed by atoms with Crippen molar-refractivity contribution in [3.05, 3.63) is 24.0 Å². The van der Waals surface area contributed by atoms with E-state index in [9.17, 15) is 0 Å². The Morgan fingerprint density at radius 3 is 2.83 bits per heavy atom. The van der Waals surface area contributed by atoms with E-state index in [1.54, 1.807) is 0 Å². The minimum atomic E-state index is 0.123. The Balaban J connectivity index is 2.59. The summed E-state index contributed by atoms with van der Waals surface area (Å²) in [5, 5.41) is 3.12. The number of alkyl halides is 1. The van der Waals surface area contributed by atoms with E-state index in [1.165, 1.54) is 5.69 Å². The molecule has 0 aromatic carbocycles. The van der Waals surface area contributed by atoms with Gasteiger partial charge < -0.3 is 10.3 Å². The van der Waals surface area contributed by atoms with Crippen molar-refractivity contribution in [3.63, 3.8) is 0 Å².